The highest BCUT2D eigenvalue weighted by molar-refractivity contribution is 5.85. The first kappa shape index (κ1) is 26.7. The summed E-state index contributed by atoms with van der Waals surface area (Å²) in [6.07, 6.45) is 4.71. The molecule has 0 bridgehead atoms. The zero-order valence-corrected chi connectivity index (χ0v) is 22.0. The lowest BCUT2D eigenvalue weighted by Gasteiger charge is -2.22. The number of nitrogens with one attached hydrogen (secondary N) is 4. The molecule has 37 heavy (non-hydrogen) atoms. The standard InChI is InChI=1S/C26H34N8O2.ClH/c1-27-17-18-6-8-19(9-7-18)30-23-22(24(35)25(23)36)29-11-10-28-20-16-21(33-12-2-3-13-33)32-26(31-20)34-14-4-5-15-34;/h6-9,16,27,29-30H,2-5,10-15,17H2,1H3,(H,28,31,32);1H. The van der Waals surface area contributed by atoms with Crippen LogP contribution in [0.4, 0.5) is 34.6 Å². The van der Waals surface area contributed by atoms with Crippen molar-refractivity contribution in [3.63, 3.8) is 0 Å². The molecule has 2 aliphatic heterocycles. The minimum atomic E-state index is -0.494. The van der Waals surface area contributed by atoms with Gasteiger partial charge in [-0.25, -0.2) is 0 Å². The van der Waals surface area contributed by atoms with E-state index in [-0.39, 0.29) is 12.4 Å². The fourth-order valence-corrected chi connectivity index (χ4v) is 4.79. The molecule has 0 atom stereocenters. The predicted molar refractivity (Wildman–Crippen MR) is 153 cm³/mol. The number of aromatic nitrogens is 2. The lowest BCUT2D eigenvalue weighted by molar-refractivity contribution is 0.818. The molecule has 10 nitrogen and oxygen atoms in total. The monoisotopic (exact) mass is 526 g/mol. The Bertz CT molecular complexity index is 1210. The third kappa shape index (κ3) is 6.14. The number of anilines is 6. The van der Waals surface area contributed by atoms with Crippen molar-refractivity contribution < 1.29 is 0 Å². The highest BCUT2D eigenvalue weighted by Crippen LogP contribution is 2.26. The lowest BCUT2D eigenvalue weighted by Crippen LogP contribution is -2.37. The zero-order valence-electron chi connectivity index (χ0n) is 21.2. The molecule has 2 fully saturated rings. The topological polar surface area (TPSA) is 115 Å². The molecule has 11 heteroatoms. The first-order chi connectivity index (χ1) is 17.6. The van der Waals surface area contributed by atoms with Crippen molar-refractivity contribution in [2.24, 2.45) is 0 Å². The van der Waals surface area contributed by atoms with Crippen molar-refractivity contribution in [2.75, 3.05) is 72.1 Å². The quantitative estimate of drug-likeness (QED) is 0.219. The molecule has 0 saturated carbocycles. The summed E-state index contributed by atoms with van der Waals surface area (Å²) < 4.78 is 0. The second-order valence-corrected chi connectivity index (χ2v) is 9.41. The van der Waals surface area contributed by atoms with E-state index in [0.717, 1.165) is 61.6 Å². The molecule has 4 N–H and O–H groups in total. The Balaban J connectivity index is 0.00000320. The molecule has 3 heterocycles. The third-order valence-electron chi connectivity index (χ3n) is 6.77. The average molecular weight is 527 g/mol. The van der Waals surface area contributed by atoms with Crippen LogP contribution in [0.1, 0.15) is 31.2 Å². The van der Waals surface area contributed by atoms with Crippen molar-refractivity contribution >= 4 is 47.1 Å². The molecule has 0 amide bonds. The highest BCUT2D eigenvalue weighted by atomic mass is 35.5. The number of nitrogens with zero attached hydrogens (tertiary/aromatic N) is 4. The summed E-state index contributed by atoms with van der Waals surface area (Å²) in [4.78, 5) is 38.5. The maximum Gasteiger partial charge on any atom is 0.253 e. The number of rotatable bonds is 11. The van der Waals surface area contributed by atoms with Crippen LogP contribution >= 0.6 is 12.4 Å². The van der Waals surface area contributed by atoms with Gasteiger partial charge in [0.15, 0.2) is 0 Å². The van der Waals surface area contributed by atoms with E-state index in [9.17, 15) is 9.59 Å². The molecular weight excluding hydrogens is 492 g/mol. The summed E-state index contributed by atoms with van der Waals surface area (Å²) >= 11 is 0. The number of hydrogen-bond donors (Lipinski definition) is 4. The predicted octanol–water partition coefficient (Wildman–Crippen LogP) is 2.68. The van der Waals surface area contributed by atoms with Gasteiger partial charge in [0.1, 0.15) is 23.0 Å². The smallest absolute Gasteiger partial charge is 0.253 e. The normalized spacial score (nSPS) is 15.2. The molecule has 2 aromatic carbocycles. The summed E-state index contributed by atoms with van der Waals surface area (Å²) in [6, 6.07) is 9.78. The van der Waals surface area contributed by atoms with E-state index in [2.05, 4.69) is 31.1 Å². The van der Waals surface area contributed by atoms with Gasteiger partial charge in [-0.3, -0.25) is 9.59 Å². The maximum absolute atomic E-state index is 12.2. The summed E-state index contributed by atoms with van der Waals surface area (Å²) in [5, 5.41) is 12.7. The number of hydrogen-bond acceptors (Lipinski definition) is 10. The van der Waals surface area contributed by atoms with Crippen LogP contribution in [0.2, 0.25) is 0 Å². The second-order valence-electron chi connectivity index (χ2n) is 9.41. The largest absolute Gasteiger partial charge is 0.378 e. The van der Waals surface area contributed by atoms with Gasteiger partial charge in [-0.15, -0.1) is 12.4 Å². The van der Waals surface area contributed by atoms with Crippen LogP contribution in [0, 0.1) is 0 Å². The number of benzene rings is 1. The van der Waals surface area contributed by atoms with Gasteiger partial charge in [-0.2, -0.15) is 9.97 Å². The Morgan fingerprint density at radius 3 is 2.11 bits per heavy atom. The van der Waals surface area contributed by atoms with Crippen molar-refractivity contribution in [3.05, 3.63) is 56.3 Å². The van der Waals surface area contributed by atoms with E-state index in [1.165, 1.54) is 25.7 Å². The van der Waals surface area contributed by atoms with E-state index in [1.807, 2.05) is 37.4 Å². The molecule has 198 valence electrons. The van der Waals surface area contributed by atoms with Gasteiger partial charge in [-0.1, -0.05) is 12.1 Å². The van der Waals surface area contributed by atoms with Gasteiger partial charge in [0, 0.05) is 57.6 Å². The average Bonchev–Trinajstić information content (AvgIpc) is 3.63. The van der Waals surface area contributed by atoms with Crippen molar-refractivity contribution in [1.29, 1.82) is 0 Å². The molecule has 0 spiro atoms. The van der Waals surface area contributed by atoms with E-state index < -0.39 is 10.9 Å². The van der Waals surface area contributed by atoms with Crippen molar-refractivity contribution in [1.82, 2.24) is 15.3 Å². The second kappa shape index (κ2) is 12.2. The van der Waals surface area contributed by atoms with Crippen molar-refractivity contribution in [2.45, 2.75) is 32.2 Å². The SMILES string of the molecule is CNCc1ccc(Nc2c(NCCNc3cc(N4CCCC4)nc(N4CCCC4)n3)c(=O)c2=O)cc1.Cl. The fraction of sp³-hybridized carbons (Fsp3) is 0.462. The highest BCUT2D eigenvalue weighted by Gasteiger charge is 2.22. The molecule has 1 aromatic heterocycles. The van der Waals surface area contributed by atoms with Crippen LogP contribution in [-0.4, -0.2) is 56.3 Å². The Morgan fingerprint density at radius 1 is 0.811 bits per heavy atom. The van der Waals surface area contributed by atoms with Crippen molar-refractivity contribution in [3.8, 4) is 0 Å². The summed E-state index contributed by atoms with van der Waals surface area (Å²) in [6.45, 7) is 5.82. The summed E-state index contributed by atoms with van der Waals surface area (Å²) in [7, 11) is 1.89. The van der Waals surface area contributed by atoms with Crippen LogP contribution in [0.15, 0.2) is 39.9 Å². The van der Waals surface area contributed by atoms with Crippen LogP contribution in [-0.2, 0) is 6.54 Å². The fourth-order valence-electron chi connectivity index (χ4n) is 4.79. The maximum atomic E-state index is 12.2. The van der Waals surface area contributed by atoms with Gasteiger partial charge in [0.2, 0.25) is 5.95 Å². The third-order valence-corrected chi connectivity index (χ3v) is 6.77. The van der Waals surface area contributed by atoms with Crippen LogP contribution in [0.3, 0.4) is 0 Å². The molecule has 0 unspecified atom stereocenters. The van der Waals surface area contributed by atoms with E-state index >= 15 is 0 Å². The zero-order chi connectivity index (χ0) is 24.9. The molecular formula is C26H35ClN8O2. The Hall–Kier alpha value is -3.37. The molecule has 2 aliphatic rings. The first-order valence-corrected chi connectivity index (χ1v) is 12.8. The molecule has 2 saturated heterocycles. The van der Waals surface area contributed by atoms with Crippen LogP contribution in [0.5, 0.6) is 0 Å². The minimum absolute atomic E-state index is 0. The van der Waals surface area contributed by atoms with Crippen LogP contribution in [0.25, 0.3) is 0 Å². The summed E-state index contributed by atoms with van der Waals surface area (Å²) in [5.74, 6) is 2.53. The molecule has 3 aromatic rings. The van der Waals surface area contributed by atoms with E-state index in [4.69, 9.17) is 9.97 Å². The van der Waals surface area contributed by atoms with Gasteiger partial charge in [-0.05, 0) is 50.4 Å². The summed E-state index contributed by atoms with van der Waals surface area (Å²) in [5.41, 5.74) is 1.58. The van der Waals surface area contributed by atoms with Gasteiger partial charge in [0.05, 0.1) is 0 Å². The van der Waals surface area contributed by atoms with Gasteiger partial charge in [0.25, 0.3) is 10.9 Å². The number of halogens is 1. The van der Waals surface area contributed by atoms with E-state index in [0.29, 0.717) is 24.5 Å². The Morgan fingerprint density at radius 2 is 1.43 bits per heavy atom. The lowest BCUT2D eigenvalue weighted by atomic mass is 10.1. The Labute approximate surface area is 223 Å². The first-order valence-electron chi connectivity index (χ1n) is 12.8. The van der Waals surface area contributed by atoms with Gasteiger partial charge >= 0.3 is 0 Å². The van der Waals surface area contributed by atoms with E-state index in [1.54, 1.807) is 0 Å². The molecule has 5 rings (SSSR count). The molecule has 0 aliphatic carbocycles. The minimum Gasteiger partial charge on any atom is -0.378 e. The van der Waals surface area contributed by atoms with Crippen LogP contribution < -0.4 is 41.9 Å². The Kier molecular flexibility index (Phi) is 8.83. The molecule has 0 radical (unpaired) electrons. The van der Waals surface area contributed by atoms with Gasteiger partial charge < -0.3 is 31.1 Å².